The second kappa shape index (κ2) is 11.0. The minimum atomic E-state index is -3.74. The molecule has 1 unspecified atom stereocenters. The molecule has 1 aromatic heterocycles. The van der Waals surface area contributed by atoms with Crippen molar-refractivity contribution in [3.8, 4) is 5.75 Å². The molecule has 9 nitrogen and oxygen atoms in total. The Bertz CT molecular complexity index is 1290. The quantitative estimate of drug-likeness (QED) is 0.257. The summed E-state index contributed by atoms with van der Waals surface area (Å²) in [6.07, 6.45) is 1.62. The predicted octanol–water partition coefficient (Wildman–Crippen LogP) is 4.52. The molecule has 0 aliphatic heterocycles. The minimum absolute atomic E-state index is 0.133. The molecule has 0 saturated heterocycles. The van der Waals surface area contributed by atoms with Gasteiger partial charge in [0.1, 0.15) is 11.6 Å². The number of methoxy groups -OCH3 is 1. The molecule has 2 aromatic carbocycles. The molecule has 35 heavy (non-hydrogen) atoms. The number of anilines is 3. The van der Waals surface area contributed by atoms with E-state index in [2.05, 4.69) is 46.5 Å². The molecule has 3 aromatic rings. The fourth-order valence-corrected chi connectivity index (χ4v) is 5.82. The van der Waals surface area contributed by atoms with Gasteiger partial charge in [-0.3, -0.25) is 0 Å². The van der Waals surface area contributed by atoms with Crippen LogP contribution >= 0.6 is 26.6 Å². The number of halogens is 1. The lowest BCUT2D eigenvalue weighted by Gasteiger charge is -2.27. The van der Waals surface area contributed by atoms with E-state index in [0.717, 1.165) is 0 Å². The fraction of sp³-hybridized carbons (Fsp3) is 0.261. The van der Waals surface area contributed by atoms with Gasteiger partial charge in [-0.25, -0.2) is 13.4 Å². The maximum Gasteiger partial charge on any atom is 0.249 e. The largest absolute Gasteiger partial charge is 0.497 e. The number of nitrogens with one attached hydrogen (secondary N) is 3. The zero-order valence-electron chi connectivity index (χ0n) is 19.7. The van der Waals surface area contributed by atoms with Crippen LogP contribution in [0.2, 0.25) is 0 Å². The van der Waals surface area contributed by atoms with Gasteiger partial charge in [-0.1, -0.05) is 16.5 Å². The number of nitrogens with zero attached hydrogens (tertiary/aromatic N) is 2. The van der Waals surface area contributed by atoms with Gasteiger partial charge >= 0.3 is 0 Å². The van der Waals surface area contributed by atoms with Crippen molar-refractivity contribution < 1.29 is 18.3 Å². The van der Waals surface area contributed by atoms with Gasteiger partial charge in [0.05, 0.1) is 28.1 Å². The lowest BCUT2D eigenvalue weighted by molar-refractivity contribution is 0.0647. The van der Waals surface area contributed by atoms with E-state index in [4.69, 9.17) is 4.74 Å². The molecule has 0 amide bonds. The van der Waals surface area contributed by atoms with E-state index in [1.807, 2.05) is 6.92 Å². The van der Waals surface area contributed by atoms with Crippen LogP contribution in [0.15, 0.2) is 69.0 Å². The third-order valence-corrected chi connectivity index (χ3v) is 9.13. The van der Waals surface area contributed by atoms with E-state index in [9.17, 15) is 13.5 Å². The molecule has 4 N–H and O–H groups in total. The van der Waals surface area contributed by atoms with E-state index in [0.29, 0.717) is 32.6 Å². The number of ether oxygens (including phenoxy) is 1. The Hall–Kier alpha value is -2.51. The number of hydrogen-bond donors (Lipinski definition) is 4. The average Bonchev–Trinajstić information content (AvgIpc) is 2.80. The third kappa shape index (κ3) is 7.24. The van der Waals surface area contributed by atoms with Crippen molar-refractivity contribution in [1.82, 2.24) is 14.1 Å². The highest BCUT2D eigenvalue weighted by atomic mass is 79.9. The first-order valence-electron chi connectivity index (χ1n) is 10.5. The SMILES string of the molecule is C=S(NS(=O)(=O)c1ccc(OC)cc1)c1ccc(Nc2ncc(Br)c(N[C@H](C)C(C)(C)O)n2)cc1. The predicted molar refractivity (Wildman–Crippen MR) is 145 cm³/mol. The summed E-state index contributed by atoms with van der Waals surface area (Å²) in [6, 6.07) is 13.0. The molecule has 0 bridgehead atoms. The Kier molecular flexibility index (Phi) is 8.54. The van der Waals surface area contributed by atoms with Crippen molar-refractivity contribution in [2.24, 2.45) is 0 Å². The Morgan fingerprint density at radius 3 is 2.34 bits per heavy atom. The van der Waals surface area contributed by atoms with Gasteiger partial charge in [-0.2, -0.15) is 9.11 Å². The summed E-state index contributed by atoms with van der Waals surface area (Å²) < 4.78 is 33.7. The molecule has 2 atom stereocenters. The Balaban J connectivity index is 1.69. The summed E-state index contributed by atoms with van der Waals surface area (Å²) in [5.74, 6) is 5.45. The molecule has 0 spiro atoms. The van der Waals surface area contributed by atoms with Crippen molar-refractivity contribution in [2.45, 2.75) is 42.2 Å². The first-order valence-corrected chi connectivity index (χ1v) is 14.1. The highest BCUT2D eigenvalue weighted by Gasteiger charge is 2.23. The van der Waals surface area contributed by atoms with Crippen LogP contribution in [0, 0.1) is 0 Å². The van der Waals surface area contributed by atoms with Gasteiger partial charge in [0.2, 0.25) is 16.0 Å². The summed E-state index contributed by atoms with van der Waals surface area (Å²) in [6.45, 7) is 5.29. The van der Waals surface area contributed by atoms with E-state index >= 15 is 0 Å². The second-order valence-corrected chi connectivity index (χ2v) is 12.5. The molecule has 0 radical (unpaired) electrons. The molecular weight excluding hydrogens is 554 g/mol. The van der Waals surface area contributed by atoms with Crippen LogP contribution in [0.25, 0.3) is 0 Å². The Morgan fingerprint density at radius 2 is 1.77 bits per heavy atom. The highest BCUT2D eigenvalue weighted by molar-refractivity contribution is 9.10. The number of benzene rings is 2. The molecule has 1 heterocycles. The summed E-state index contributed by atoms with van der Waals surface area (Å²) in [7, 11) is -3.23. The molecule has 3 rings (SSSR count). The van der Waals surface area contributed by atoms with Gasteiger partial charge in [-0.05, 0) is 85.2 Å². The molecule has 12 heteroatoms. The van der Waals surface area contributed by atoms with Crippen LogP contribution < -0.4 is 19.5 Å². The third-order valence-electron chi connectivity index (χ3n) is 5.13. The van der Waals surface area contributed by atoms with Crippen molar-refractivity contribution >= 4 is 59.9 Å². The zero-order valence-corrected chi connectivity index (χ0v) is 23.0. The summed E-state index contributed by atoms with van der Waals surface area (Å²) >= 11 is 3.42. The molecular formula is C23H28BrN5O4S2. The van der Waals surface area contributed by atoms with Gasteiger partial charge in [-0.15, -0.1) is 0 Å². The van der Waals surface area contributed by atoms with E-state index < -0.39 is 26.3 Å². The summed E-state index contributed by atoms with van der Waals surface area (Å²) in [5, 5.41) is 16.5. The van der Waals surface area contributed by atoms with Gasteiger partial charge < -0.3 is 20.5 Å². The van der Waals surface area contributed by atoms with Crippen LogP contribution in [0.1, 0.15) is 20.8 Å². The molecule has 188 valence electrons. The molecule has 0 fully saturated rings. The molecule has 0 aliphatic carbocycles. The number of hydrogen-bond acceptors (Lipinski definition) is 8. The van der Waals surface area contributed by atoms with Crippen molar-refractivity contribution in [3.05, 3.63) is 59.2 Å². The lowest BCUT2D eigenvalue weighted by atomic mass is 10.0. The topological polar surface area (TPSA) is 125 Å². The van der Waals surface area contributed by atoms with E-state index in [-0.39, 0.29) is 10.9 Å². The Labute approximate surface area is 216 Å². The van der Waals surface area contributed by atoms with Gasteiger partial charge in [0, 0.05) is 16.8 Å². The van der Waals surface area contributed by atoms with Gasteiger partial charge in [0.25, 0.3) is 0 Å². The molecule has 0 saturated carbocycles. The van der Waals surface area contributed by atoms with Crippen LogP contribution in [-0.4, -0.2) is 48.1 Å². The normalized spacial score (nSPS) is 13.7. The van der Waals surface area contributed by atoms with Gasteiger partial charge in [0.15, 0.2) is 0 Å². The monoisotopic (exact) mass is 581 g/mol. The van der Waals surface area contributed by atoms with Crippen LogP contribution in [0.4, 0.5) is 17.5 Å². The maximum absolute atomic E-state index is 12.7. The molecule has 0 aliphatic rings. The fourth-order valence-electron chi connectivity index (χ4n) is 2.73. The van der Waals surface area contributed by atoms with Crippen molar-refractivity contribution in [3.63, 3.8) is 0 Å². The lowest BCUT2D eigenvalue weighted by Crippen LogP contribution is -2.39. The van der Waals surface area contributed by atoms with Crippen LogP contribution in [0.3, 0.4) is 0 Å². The first kappa shape index (κ1) is 27.1. The number of aromatic nitrogens is 2. The standard InChI is InChI=1S/C23H28BrN5O4S2/c1-15(23(2,3)30)26-21-20(24)14-25-22(28-21)27-16-6-10-18(11-7-16)34(5)29-35(31,32)19-12-8-17(33-4)9-13-19/h6-15,29-30H,5H2,1-4H3,(H2,25,26,27,28)/t15-,34?/m1/s1. The minimum Gasteiger partial charge on any atom is -0.497 e. The zero-order chi connectivity index (χ0) is 25.8. The van der Waals surface area contributed by atoms with Crippen LogP contribution in [0.5, 0.6) is 5.75 Å². The average molecular weight is 583 g/mol. The number of aliphatic hydroxyl groups is 1. The van der Waals surface area contributed by atoms with E-state index in [1.165, 1.54) is 19.2 Å². The smallest absolute Gasteiger partial charge is 0.249 e. The number of rotatable bonds is 10. The van der Waals surface area contributed by atoms with Crippen LogP contribution in [-0.2, 0) is 10.0 Å². The van der Waals surface area contributed by atoms with Crippen molar-refractivity contribution in [2.75, 3.05) is 17.7 Å². The number of sulfonamides is 1. The summed E-state index contributed by atoms with van der Waals surface area (Å²) in [5.41, 5.74) is -0.221. The van der Waals surface area contributed by atoms with Crippen molar-refractivity contribution in [1.29, 1.82) is 0 Å². The highest BCUT2D eigenvalue weighted by Crippen LogP contribution is 2.28. The second-order valence-electron chi connectivity index (χ2n) is 8.21. The Morgan fingerprint density at radius 1 is 1.14 bits per heavy atom. The first-order chi connectivity index (χ1) is 16.4. The maximum atomic E-state index is 12.7. The van der Waals surface area contributed by atoms with E-state index in [1.54, 1.807) is 56.4 Å². The summed E-state index contributed by atoms with van der Waals surface area (Å²) in [4.78, 5) is 9.59.